The molecule has 0 aromatic heterocycles. The van der Waals surface area contributed by atoms with Crippen LogP contribution >= 0.6 is 0 Å². The van der Waals surface area contributed by atoms with Gasteiger partial charge < -0.3 is 15.1 Å². The monoisotopic (exact) mass is 243 g/mol. The van der Waals surface area contributed by atoms with Gasteiger partial charge in [-0.05, 0) is 26.2 Å². The maximum Gasteiger partial charge on any atom is 0.225 e. The third-order valence-electron chi connectivity index (χ3n) is 3.57. The molecule has 0 saturated heterocycles. The Balaban J connectivity index is 2.36. The van der Waals surface area contributed by atoms with E-state index >= 15 is 0 Å². The molecule has 0 aromatic rings. The highest BCUT2D eigenvalue weighted by Gasteiger charge is 2.32. The highest BCUT2D eigenvalue weighted by Crippen LogP contribution is 2.31. The third kappa shape index (κ3) is 5.04. The van der Waals surface area contributed by atoms with Crippen LogP contribution in [0, 0.1) is 0 Å². The van der Waals surface area contributed by atoms with Crippen molar-refractivity contribution in [3.63, 3.8) is 0 Å². The Morgan fingerprint density at radius 2 is 1.94 bits per heavy atom. The van der Waals surface area contributed by atoms with Crippen LogP contribution < -0.4 is 0 Å². The Morgan fingerprint density at radius 3 is 2.47 bits per heavy atom. The van der Waals surface area contributed by atoms with Gasteiger partial charge >= 0.3 is 0 Å². The largest absolute Gasteiger partial charge is 0.393 e. The number of aliphatic hydroxyl groups excluding tert-OH is 1. The topological polar surface area (TPSA) is 60.8 Å². The summed E-state index contributed by atoms with van der Waals surface area (Å²) in [5.41, 5.74) is -0.783. The van der Waals surface area contributed by atoms with E-state index in [1.807, 2.05) is 0 Å². The molecule has 1 rings (SSSR count). The average molecular weight is 243 g/mol. The van der Waals surface area contributed by atoms with Crippen LogP contribution in [0.15, 0.2) is 0 Å². The van der Waals surface area contributed by atoms with Crippen LogP contribution in [0.2, 0.25) is 0 Å². The Labute approximate surface area is 104 Å². The molecule has 2 N–H and O–H groups in total. The van der Waals surface area contributed by atoms with Gasteiger partial charge in [-0.1, -0.05) is 19.3 Å². The van der Waals surface area contributed by atoms with Crippen molar-refractivity contribution >= 4 is 5.91 Å². The van der Waals surface area contributed by atoms with Gasteiger partial charge in [0.15, 0.2) is 0 Å². The van der Waals surface area contributed by atoms with Crippen LogP contribution in [-0.4, -0.2) is 46.3 Å². The summed E-state index contributed by atoms with van der Waals surface area (Å²) in [6.07, 6.45) is 5.09. The number of aliphatic hydroxyl groups is 2. The molecule has 0 heterocycles. The zero-order chi connectivity index (χ0) is 12.9. The van der Waals surface area contributed by atoms with Crippen molar-refractivity contribution in [1.82, 2.24) is 4.90 Å². The third-order valence-corrected chi connectivity index (χ3v) is 3.57. The first-order valence-corrected chi connectivity index (χ1v) is 6.57. The first kappa shape index (κ1) is 14.5. The molecule has 1 atom stereocenters. The van der Waals surface area contributed by atoms with Crippen molar-refractivity contribution in [2.24, 2.45) is 0 Å². The SMILES string of the molecule is CC(O)CCN(C)C(=O)CC1(O)CCCCC1. The van der Waals surface area contributed by atoms with Crippen LogP contribution in [0.3, 0.4) is 0 Å². The summed E-state index contributed by atoms with van der Waals surface area (Å²) >= 11 is 0. The predicted molar refractivity (Wildman–Crippen MR) is 66.6 cm³/mol. The molecule has 100 valence electrons. The summed E-state index contributed by atoms with van der Waals surface area (Å²) in [6, 6.07) is 0. The summed E-state index contributed by atoms with van der Waals surface area (Å²) in [5.74, 6) is -0.0185. The fraction of sp³-hybridized carbons (Fsp3) is 0.923. The molecular formula is C13H25NO3. The van der Waals surface area contributed by atoms with Crippen molar-refractivity contribution in [2.45, 2.75) is 63.6 Å². The lowest BCUT2D eigenvalue weighted by molar-refractivity contribution is -0.136. The molecule has 4 nitrogen and oxygen atoms in total. The molecule has 1 unspecified atom stereocenters. The quantitative estimate of drug-likeness (QED) is 0.765. The van der Waals surface area contributed by atoms with Crippen LogP contribution in [0.1, 0.15) is 51.9 Å². The van der Waals surface area contributed by atoms with E-state index < -0.39 is 5.60 Å². The van der Waals surface area contributed by atoms with E-state index in [-0.39, 0.29) is 18.4 Å². The van der Waals surface area contributed by atoms with Gasteiger partial charge in [-0.2, -0.15) is 0 Å². The van der Waals surface area contributed by atoms with Crippen molar-refractivity contribution in [2.75, 3.05) is 13.6 Å². The zero-order valence-corrected chi connectivity index (χ0v) is 11.0. The van der Waals surface area contributed by atoms with E-state index in [9.17, 15) is 9.90 Å². The summed E-state index contributed by atoms with van der Waals surface area (Å²) < 4.78 is 0. The molecule has 1 aliphatic carbocycles. The molecule has 1 amide bonds. The Morgan fingerprint density at radius 1 is 1.35 bits per heavy atom. The lowest BCUT2D eigenvalue weighted by atomic mass is 9.82. The molecule has 0 aliphatic heterocycles. The second-order valence-corrected chi connectivity index (χ2v) is 5.41. The van der Waals surface area contributed by atoms with Crippen molar-refractivity contribution < 1.29 is 15.0 Å². The Kier molecular flexibility index (Phi) is 5.40. The minimum Gasteiger partial charge on any atom is -0.393 e. The van der Waals surface area contributed by atoms with Crippen LogP contribution in [0.25, 0.3) is 0 Å². The number of amides is 1. The summed E-state index contributed by atoms with van der Waals surface area (Å²) in [4.78, 5) is 13.5. The standard InChI is InChI=1S/C13H25NO3/c1-11(15)6-9-14(2)12(16)10-13(17)7-4-3-5-8-13/h11,15,17H,3-10H2,1-2H3. The smallest absolute Gasteiger partial charge is 0.225 e. The lowest BCUT2D eigenvalue weighted by Gasteiger charge is -2.33. The summed E-state index contributed by atoms with van der Waals surface area (Å²) in [7, 11) is 1.73. The van der Waals surface area contributed by atoms with Gasteiger partial charge in [0.05, 0.1) is 18.1 Å². The summed E-state index contributed by atoms with van der Waals surface area (Å²) in [5, 5.41) is 19.4. The fourth-order valence-electron chi connectivity index (χ4n) is 2.31. The molecular weight excluding hydrogens is 218 g/mol. The zero-order valence-electron chi connectivity index (χ0n) is 11.0. The van der Waals surface area contributed by atoms with Gasteiger partial charge in [-0.25, -0.2) is 0 Å². The molecule has 1 saturated carbocycles. The number of carbonyl (C=O) groups is 1. The minimum absolute atomic E-state index is 0.0185. The first-order chi connectivity index (χ1) is 7.93. The van der Waals surface area contributed by atoms with E-state index in [0.717, 1.165) is 32.1 Å². The van der Waals surface area contributed by atoms with Gasteiger partial charge in [0.1, 0.15) is 0 Å². The number of nitrogens with zero attached hydrogens (tertiary/aromatic N) is 1. The normalized spacial score (nSPS) is 20.9. The lowest BCUT2D eigenvalue weighted by Crippen LogP contribution is -2.39. The molecule has 0 bridgehead atoms. The van der Waals surface area contributed by atoms with Gasteiger partial charge in [-0.3, -0.25) is 4.79 Å². The van der Waals surface area contributed by atoms with Crippen LogP contribution in [-0.2, 0) is 4.79 Å². The van der Waals surface area contributed by atoms with Gasteiger partial charge in [-0.15, -0.1) is 0 Å². The number of carbonyl (C=O) groups excluding carboxylic acids is 1. The second-order valence-electron chi connectivity index (χ2n) is 5.41. The van der Waals surface area contributed by atoms with E-state index in [2.05, 4.69) is 0 Å². The molecule has 17 heavy (non-hydrogen) atoms. The van der Waals surface area contributed by atoms with E-state index in [1.165, 1.54) is 0 Å². The molecule has 0 aromatic carbocycles. The molecule has 1 fully saturated rings. The maximum absolute atomic E-state index is 11.9. The van der Waals surface area contributed by atoms with E-state index in [0.29, 0.717) is 13.0 Å². The average Bonchev–Trinajstić information content (AvgIpc) is 2.26. The number of hydrogen-bond donors (Lipinski definition) is 2. The molecule has 0 spiro atoms. The summed E-state index contributed by atoms with van der Waals surface area (Å²) in [6.45, 7) is 2.26. The predicted octanol–water partition coefficient (Wildman–Crippen LogP) is 1.30. The minimum atomic E-state index is -0.783. The molecule has 0 radical (unpaired) electrons. The highest BCUT2D eigenvalue weighted by atomic mass is 16.3. The number of rotatable bonds is 5. The van der Waals surface area contributed by atoms with Crippen molar-refractivity contribution in [3.05, 3.63) is 0 Å². The van der Waals surface area contributed by atoms with Crippen molar-refractivity contribution in [3.8, 4) is 0 Å². The van der Waals surface area contributed by atoms with E-state index in [1.54, 1.807) is 18.9 Å². The Hall–Kier alpha value is -0.610. The van der Waals surface area contributed by atoms with E-state index in [4.69, 9.17) is 5.11 Å². The Bertz CT molecular complexity index is 247. The molecule has 4 heteroatoms. The fourth-order valence-corrected chi connectivity index (χ4v) is 2.31. The van der Waals surface area contributed by atoms with Gasteiger partial charge in [0.25, 0.3) is 0 Å². The second kappa shape index (κ2) is 6.36. The maximum atomic E-state index is 11.9. The van der Waals surface area contributed by atoms with Gasteiger partial charge in [0.2, 0.25) is 5.91 Å². The van der Waals surface area contributed by atoms with Crippen molar-refractivity contribution in [1.29, 1.82) is 0 Å². The van der Waals surface area contributed by atoms with Gasteiger partial charge in [0, 0.05) is 13.6 Å². The highest BCUT2D eigenvalue weighted by molar-refractivity contribution is 5.77. The van der Waals surface area contributed by atoms with Crippen LogP contribution in [0.4, 0.5) is 0 Å². The first-order valence-electron chi connectivity index (χ1n) is 6.57. The van der Waals surface area contributed by atoms with Crippen LogP contribution in [0.5, 0.6) is 0 Å². The number of hydrogen-bond acceptors (Lipinski definition) is 3. The molecule has 1 aliphatic rings.